The van der Waals surface area contributed by atoms with Gasteiger partial charge in [0.15, 0.2) is 0 Å². The average molecular weight is 390 g/mol. The van der Waals surface area contributed by atoms with Gasteiger partial charge in [0.1, 0.15) is 11.1 Å². The third-order valence-electron chi connectivity index (χ3n) is 6.63. The van der Waals surface area contributed by atoms with Crippen molar-refractivity contribution in [2.45, 2.75) is 33.6 Å². The van der Waals surface area contributed by atoms with E-state index in [1.165, 1.54) is 0 Å². The zero-order valence-corrected chi connectivity index (χ0v) is 15.4. The summed E-state index contributed by atoms with van der Waals surface area (Å²) in [5, 5.41) is 22.0. The summed E-state index contributed by atoms with van der Waals surface area (Å²) in [7, 11) is 0. The van der Waals surface area contributed by atoms with Crippen LogP contribution in [-0.4, -0.2) is 27.3 Å². The molecule has 2 saturated carbocycles. The highest BCUT2D eigenvalue weighted by Crippen LogP contribution is 2.68. The second kappa shape index (κ2) is 5.81. The normalized spacial score (nSPS) is 27.5. The average Bonchev–Trinajstić information content (AvgIpc) is 2.91. The first-order chi connectivity index (χ1) is 12.9. The number of nitro benzene ring substituents is 2. The minimum atomic E-state index is -1.57. The number of fused-ring (bicyclic) bond motifs is 2. The molecule has 148 valence electrons. The highest BCUT2D eigenvalue weighted by molar-refractivity contribution is 6.48. The van der Waals surface area contributed by atoms with E-state index in [1.54, 1.807) is 20.8 Å². The Balaban J connectivity index is 1.89. The fraction of sp³-hybridized carbons (Fsp3) is 0.471. The van der Waals surface area contributed by atoms with Crippen molar-refractivity contribution >= 4 is 34.5 Å². The van der Waals surface area contributed by atoms with Crippen molar-refractivity contribution in [3.63, 3.8) is 0 Å². The lowest BCUT2D eigenvalue weighted by Crippen LogP contribution is -2.52. The van der Waals surface area contributed by atoms with Gasteiger partial charge in [0.25, 0.3) is 11.6 Å². The highest BCUT2D eigenvalue weighted by atomic mass is 16.6. The Morgan fingerprint density at radius 2 is 1.68 bits per heavy atom. The number of amides is 1. The fourth-order valence-electron chi connectivity index (χ4n) is 4.39. The standard InChI is InChI=1S/C17H18N4O7/c1-15(2)16(3)6-7-17(15,13(23)12(16)22)14(24)19-18-10-5-4-9(20(25)26)8-11(10)21(27)28/h4-5,8,18H,6-7H2,1-3H3,(H,19,24). The first-order valence-electron chi connectivity index (χ1n) is 8.49. The number of non-ortho nitro benzene ring substituents is 1. The van der Waals surface area contributed by atoms with Crippen LogP contribution < -0.4 is 10.9 Å². The predicted molar refractivity (Wildman–Crippen MR) is 95.1 cm³/mol. The Morgan fingerprint density at radius 3 is 2.18 bits per heavy atom. The lowest BCUT2D eigenvalue weighted by atomic mass is 9.64. The molecule has 11 nitrogen and oxygen atoms in total. The number of nitro groups is 2. The molecule has 28 heavy (non-hydrogen) atoms. The van der Waals surface area contributed by atoms with Crippen LogP contribution in [0.4, 0.5) is 17.1 Å². The molecule has 2 aliphatic rings. The van der Waals surface area contributed by atoms with E-state index in [1.807, 2.05) is 0 Å². The van der Waals surface area contributed by atoms with Crippen LogP contribution in [0.1, 0.15) is 33.6 Å². The predicted octanol–water partition coefficient (Wildman–Crippen LogP) is 1.91. The minimum Gasteiger partial charge on any atom is -0.292 e. The summed E-state index contributed by atoms with van der Waals surface area (Å²) in [5.74, 6) is -2.10. The number of carbonyl (C=O) groups is 3. The third kappa shape index (κ3) is 2.18. The van der Waals surface area contributed by atoms with Crippen molar-refractivity contribution < 1.29 is 24.2 Å². The number of anilines is 1. The molecule has 3 rings (SSSR count). The number of benzene rings is 1. The Bertz CT molecular complexity index is 957. The van der Waals surface area contributed by atoms with E-state index in [0.29, 0.717) is 6.42 Å². The van der Waals surface area contributed by atoms with E-state index in [4.69, 9.17) is 0 Å². The molecule has 2 fully saturated rings. The molecule has 2 N–H and O–H groups in total. The van der Waals surface area contributed by atoms with Gasteiger partial charge >= 0.3 is 5.69 Å². The van der Waals surface area contributed by atoms with Crippen LogP contribution in [0.15, 0.2) is 18.2 Å². The van der Waals surface area contributed by atoms with Crippen LogP contribution in [-0.2, 0) is 14.4 Å². The first-order valence-corrected chi connectivity index (χ1v) is 8.49. The Labute approximate surface area is 158 Å². The molecule has 2 unspecified atom stereocenters. The van der Waals surface area contributed by atoms with Gasteiger partial charge in [-0.05, 0) is 24.3 Å². The van der Waals surface area contributed by atoms with Crippen molar-refractivity contribution in [3.05, 3.63) is 38.4 Å². The number of carbonyl (C=O) groups excluding carboxylic acids is 3. The third-order valence-corrected chi connectivity index (χ3v) is 6.63. The molecule has 1 aromatic rings. The van der Waals surface area contributed by atoms with Crippen LogP contribution in [0.2, 0.25) is 0 Å². The first kappa shape index (κ1) is 19.4. The molecule has 1 amide bonds. The molecular formula is C17H18N4O7. The molecule has 0 aliphatic heterocycles. The summed E-state index contributed by atoms with van der Waals surface area (Å²) < 4.78 is 0. The van der Waals surface area contributed by atoms with Gasteiger partial charge in [-0.2, -0.15) is 0 Å². The van der Waals surface area contributed by atoms with Gasteiger partial charge in [0.05, 0.1) is 15.9 Å². The molecule has 0 aromatic heterocycles. The molecule has 0 spiro atoms. The van der Waals surface area contributed by atoms with E-state index in [0.717, 1.165) is 18.2 Å². The summed E-state index contributed by atoms with van der Waals surface area (Å²) in [6.45, 7) is 5.05. The molecule has 11 heteroatoms. The smallest absolute Gasteiger partial charge is 0.292 e. The van der Waals surface area contributed by atoms with E-state index >= 15 is 0 Å². The number of hydrazine groups is 1. The van der Waals surface area contributed by atoms with Gasteiger partial charge < -0.3 is 0 Å². The highest BCUT2D eigenvalue weighted by Gasteiger charge is 2.77. The monoisotopic (exact) mass is 390 g/mol. The maximum Gasteiger partial charge on any atom is 0.300 e. The molecule has 0 radical (unpaired) electrons. The van der Waals surface area contributed by atoms with Gasteiger partial charge in [-0.3, -0.25) is 45.5 Å². The summed E-state index contributed by atoms with van der Waals surface area (Å²) in [4.78, 5) is 58.4. The molecule has 0 saturated heterocycles. The topological polar surface area (TPSA) is 162 Å². The number of hydrogen-bond donors (Lipinski definition) is 2. The van der Waals surface area contributed by atoms with Gasteiger partial charge in [0, 0.05) is 11.5 Å². The van der Waals surface area contributed by atoms with Crippen molar-refractivity contribution in [1.29, 1.82) is 0 Å². The maximum atomic E-state index is 12.9. The van der Waals surface area contributed by atoms with Crippen LogP contribution in [0.3, 0.4) is 0 Å². The summed E-state index contributed by atoms with van der Waals surface area (Å²) in [5.41, 5.74) is -0.0560. The lowest BCUT2D eigenvalue weighted by Gasteiger charge is -2.37. The van der Waals surface area contributed by atoms with Gasteiger partial charge in [-0.1, -0.05) is 20.8 Å². The minimum absolute atomic E-state index is 0.185. The van der Waals surface area contributed by atoms with Crippen molar-refractivity contribution in [2.24, 2.45) is 16.2 Å². The van der Waals surface area contributed by atoms with Crippen LogP contribution >= 0.6 is 0 Å². The number of hydrogen-bond acceptors (Lipinski definition) is 8. The lowest BCUT2D eigenvalue weighted by molar-refractivity contribution is -0.393. The molecular weight excluding hydrogens is 372 g/mol. The number of ketones is 2. The van der Waals surface area contributed by atoms with E-state index < -0.39 is 54.9 Å². The number of nitrogens with zero attached hydrogens (tertiary/aromatic N) is 2. The van der Waals surface area contributed by atoms with Crippen molar-refractivity contribution in [3.8, 4) is 0 Å². The number of rotatable bonds is 5. The zero-order chi connectivity index (χ0) is 21.1. The Hall–Kier alpha value is -3.37. The van der Waals surface area contributed by atoms with Gasteiger partial charge in [-0.15, -0.1) is 0 Å². The summed E-state index contributed by atoms with van der Waals surface area (Å²) in [6, 6.07) is 2.88. The second-order valence-corrected chi connectivity index (χ2v) is 7.82. The van der Waals surface area contributed by atoms with Gasteiger partial charge in [0.2, 0.25) is 11.6 Å². The van der Waals surface area contributed by atoms with Crippen LogP contribution in [0.25, 0.3) is 0 Å². The molecule has 2 bridgehead atoms. The van der Waals surface area contributed by atoms with Crippen LogP contribution in [0, 0.1) is 36.5 Å². The molecule has 1 aromatic carbocycles. The van der Waals surface area contributed by atoms with Gasteiger partial charge in [-0.25, -0.2) is 0 Å². The quantitative estimate of drug-likeness (QED) is 0.333. The Morgan fingerprint density at radius 1 is 1.04 bits per heavy atom. The second-order valence-electron chi connectivity index (χ2n) is 7.82. The SMILES string of the molecule is CC12CCC(C(=O)NNc3ccc([N+](=O)[O-])cc3[N+](=O)[O-])(C(=O)C1=O)C2(C)C. The van der Waals surface area contributed by atoms with E-state index in [2.05, 4.69) is 10.9 Å². The Kier molecular flexibility index (Phi) is 4.03. The fourth-order valence-corrected chi connectivity index (χ4v) is 4.39. The summed E-state index contributed by atoms with van der Waals surface area (Å²) in [6.07, 6.45) is 0.576. The summed E-state index contributed by atoms with van der Waals surface area (Å²) >= 11 is 0. The maximum absolute atomic E-state index is 12.9. The van der Waals surface area contributed by atoms with Crippen molar-refractivity contribution in [2.75, 3.05) is 5.43 Å². The van der Waals surface area contributed by atoms with Crippen LogP contribution in [0.5, 0.6) is 0 Å². The molecule has 0 heterocycles. The van der Waals surface area contributed by atoms with E-state index in [-0.39, 0.29) is 12.1 Å². The molecule has 2 atom stereocenters. The number of nitrogens with one attached hydrogen (secondary N) is 2. The zero-order valence-electron chi connectivity index (χ0n) is 15.4. The number of Topliss-reactive ketones (excluding diaryl/α,β-unsaturated/α-hetero) is 2. The van der Waals surface area contributed by atoms with Crippen molar-refractivity contribution in [1.82, 2.24) is 5.43 Å². The van der Waals surface area contributed by atoms with E-state index in [9.17, 15) is 34.6 Å². The largest absolute Gasteiger partial charge is 0.300 e. The molecule has 2 aliphatic carbocycles.